The molecule has 3 atom stereocenters. The van der Waals surface area contributed by atoms with Gasteiger partial charge >= 0.3 is 0 Å². The number of benzene rings is 1. The third-order valence-electron chi connectivity index (χ3n) is 4.12. The maximum atomic E-state index is 4.44. The van der Waals surface area contributed by atoms with Crippen molar-refractivity contribution in [1.29, 1.82) is 0 Å². The van der Waals surface area contributed by atoms with Crippen LogP contribution in [0.1, 0.15) is 31.7 Å². The lowest BCUT2D eigenvalue weighted by Gasteiger charge is -2.14. The summed E-state index contributed by atoms with van der Waals surface area (Å²) in [4.78, 5) is 4.44. The molecule has 2 aliphatic rings. The van der Waals surface area contributed by atoms with Gasteiger partial charge in [0, 0.05) is 12.6 Å². The Morgan fingerprint density at radius 1 is 1.39 bits per heavy atom. The van der Waals surface area contributed by atoms with Crippen molar-refractivity contribution in [3.8, 4) is 0 Å². The Labute approximate surface area is 109 Å². The maximum Gasteiger partial charge on any atom is 0.191 e. The van der Waals surface area contributed by atoms with Crippen LogP contribution < -0.4 is 10.6 Å². The molecule has 1 aliphatic carbocycles. The van der Waals surface area contributed by atoms with Gasteiger partial charge in [-0.25, -0.2) is 0 Å². The van der Waals surface area contributed by atoms with E-state index in [1.54, 1.807) is 0 Å². The number of guanidine groups is 1. The van der Waals surface area contributed by atoms with Crippen LogP contribution in [-0.4, -0.2) is 25.1 Å². The van der Waals surface area contributed by atoms with Gasteiger partial charge in [0.15, 0.2) is 5.96 Å². The molecule has 3 heteroatoms. The highest BCUT2D eigenvalue weighted by molar-refractivity contribution is 5.81. The normalized spacial score (nSPS) is 33.8. The van der Waals surface area contributed by atoms with E-state index in [0.29, 0.717) is 17.4 Å². The number of aliphatic imine (C=N–C) groups is 1. The first-order chi connectivity index (χ1) is 8.67. The van der Waals surface area contributed by atoms with E-state index >= 15 is 0 Å². The topological polar surface area (TPSA) is 36.4 Å². The molecular weight excluding hydrogens is 222 g/mol. The first-order valence-electron chi connectivity index (χ1n) is 6.77. The summed E-state index contributed by atoms with van der Waals surface area (Å²) in [6.07, 6.45) is 1.27. The zero-order valence-corrected chi connectivity index (χ0v) is 11.1. The second-order valence-corrected chi connectivity index (χ2v) is 5.91. The van der Waals surface area contributed by atoms with Crippen LogP contribution in [-0.2, 0) is 0 Å². The molecule has 0 aromatic heterocycles. The lowest BCUT2D eigenvalue weighted by Crippen LogP contribution is -2.40. The van der Waals surface area contributed by atoms with E-state index in [4.69, 9.17) is 0 Å². The quantitative estimate of drug-likeness (QED) is 0.853. The van der Waals surface area contributed by atoms with Crippen LogP contribution in [0.25, 0.3) is 0 Å². The maximum absolute atomic E-state index is 4.44. The molecule has 1 unspecified atom stereocenters. The Morgan fingerprint density at radius 3 is 2.83 bits per heavy atom. The second-order valence-electron chi connectivity index (χ2n) is 5.91. The highest BCUT2D eigenvalue weighted by Gasteiger charge is 2.50. The largest absolute Gasteiger partial charge is 0.356 e. The molecule has 0 radical (unpaired) electrons. The Morgan fingerprint density at radius 2 is 2.17 bits per heavy atom. The SMILES string of the molecule is CC1CN=C(NC[C@]2(C)C[C@H]2c2ccccc2)N1. The Kier molecular flexibility index (Phi) is 2.77. The molecule has 96 valence electrons. The number of nitrogens with one attached hydrogen (secondary N) is 2. The fraction of sp³-hybridized carbons (Fsp3) is 0.533. The molecule has 0 bridgehead atoms. The molecule has 3 rings (SSSR count). The molecular formula is C15H21N3. The molecule has 0 spiro atoms. The van der Waals surface area contributed by atoms with E-state index in [0.717, 1.165) is 19.0 Å². The van der Waals surface area contributed by atoms with Crippen LogP contribution in [0.3, 0.4) is 0 Å². The van der Waals surface area contributed by atoms with Gasteiger partial charge in [-0.3, -0.25) is 4.99 Å². The van der Waals surface area contributed by atoms with E-state index in [2.05, 4.69) is 59.8 Å². The Hall–Kier alpha value is -1.51. The minimum absolute atomic E-state index is 0.386. The molecule has 1 aliphatic heterocycles. The molecule has 18 heavy (non-hydrogen) atoms. The molecule has 3 nitrogen and oxygen atoms in total. The van der Waals surface area contributed by atoms with E-state index in [1.165, 1.54) is 12.0 Å². The third kappa shape index (κ3) is 2.22. The van der Waals surface area contributed by atoms with Crippen LogP contribution in [0.2, 0.25) is 0 Å². The number of nitrogens with zero attached hydrogens (tertiary/aromatic N) is 1. The van der Waals surface area contributed by atoms with Gasteiger partial charge in [-0.2, -0.15) is 0 Å². The van der Waals surface area contributed by atoms with Crippen molar-refractivity contribution in [2.75, 3.05) is 13.1 Å². The summed E-state index contributed by atoms with van der Waals surface area (Å²) in [6, 6.07) is 11.3. The van der Waals surface area contributed by atoms with Crippen molar-refractivity contribution >= 4 is 5.96 Å². The fourth-order valence-electron chi connectivity index (χ4n) is 2.75. The number of rotatable bonds is 3. The summed E-state index contributed by atoms with van der Waals surface area (Å²) in [6.45, 7) is 6.41. The van der Waals surface area contributed by atoms with Crippen LogP contribution in [0.5, 0.6) is 0 Å². The summed E-state index contributed by atoms with van der Waals surface area (Å²) >= 11 is 0. The zero-order valence-electron chi connectivity index (χ0n) is 11.1. The number of hydrogen-bond donors (Lipinski definition) is 2. The molecule has 0 saturated heterocycles. The van der Waals surface area contributed by atoms with Crippen molar-refractivity contribution in [3.05, 3.63) is 35.9 Å². The monoisotopic (exact) mass is 243 g/mol. The smallest absolute Gasteiger partial charge is 0.191 e. The lowest BCUT2D eigenvalue weighted by atomic mass is 10.0. The van der Waals surface area contributed by atoms with Gasteiger partial charge in [0.1, 0.15) is 0 Å². The molecule has 2 N–H and O–H groups in total. The van der Waals surface area contributed by atoms with Crippen molar-refractivity contribution in [1.82, 2.24) is 10.6 Å². The second kappa shape index (κ2) is 4.30. The highest BCUT2D eigenvalue weighted by atomic mass is 15.2. The van der Waals surface area contributed by atoms with Gasteiger partial charge in [-0.1, -0.05) is 37.3 Å². The van der Waals surface area contributed by atoms with E-state index in [9.17, 15) is 0 Å². The van der Waals surface area contributed by atoms with Gasteiger partial charge in [0.2, 0.25) is 0 Å². The van der Waals surface area contributed by atoms with E-state index in [-0.39, 0.29) is 0 Å². The van der Waals surface area contributed by atoms with Crippen molar-refractivity contribution in [2.45, 2.75) is 32.2 Å². The van der Waals surface area contributed by atoms with Crippen LogP contribution in [0.4, 0.5) is 0 Å². The van der Waals surface area contributed by atoms with Crippen molar-refractivity contribution < 1.29 is 0 Å². The van der Waals surface area contributed by atoms with Crippen LogP contribution >= 0.6 is 0 Å². The predicted octanol–water partition coefficient (Wildman–Crippen LogP) is 2.12. The first-order valence-corrected chi connectivity index (χ1v) is 6.77. The minimum atomic E-state index is 0.386. The minimum Gasteiger partial charge on any atom is -0.356 e. The summed E-state index contributed by atoms with van der Waals surface area (Å²) in [7, 11) is 0. The van der Waals surface area contributed by atoms with E-state index in [1.807, 2.05) is 0 Å². The average molecular weight is 243 g/mol. The standard InChI is InChI=1S/C15H21N3/c1-11-9-16-14(18-11)17-10-15(2)8-13(15)12-6-4-3-5-7-12/h3-7,11,13H,8-10H2,1-2H3,(H2,16,17,18)/t11?,13-,15-/m0/s1. The summed E-state index contributed by atoms with van der Waals surface area (Å²) in [5.74, 6) is 1.67. The average Bonchev–Trinajstić information content (AvgIpc) is 2.88. The van der Waals surface area contributed by atoms with Crippen molar-refractivity contribution in [2.24, 2.45) is 10.4 Å². The van der Waals surface area contributed by atoms with Crippen LogP contribution in [0.15, 0.2) is 35.3 Å². The van der Waals surface area contributed by atoms with Gasteiger partial charge in [-0.05, 0) is 30.2 Å². The van der Waals surface area contributed by atoms with Crippen LogP contribution in [0, 0.1) is 5.41 Å². The molecule has 1 fully saturated rings. The highest BCUT2D eigenvalue weighted by Crippen LogP contribution is 2.58. The van der Waals surface area contributed by atoms with Gasteiger partial charge in [0.05, 0.1) is 6.54 Å². The molecule has 0 amide bonds. The summed E-state index contributed by atoms with van der Waals surface area (Å²) < 4.78 is 0. The lowest BCUT2D eigenvalue weighted by molar-refractivity contribution is 0.529. The van der Waals surface area contributed by atoms with Gasteiger partial charge < -0.3 is 10.6 Å². The Bertz CT molecular complexity index is 454. The molecule has 1 heterocycles. The predicted molar refractivity (Wildman–Crippen MR) is 74.8 cm³/mol. The van der Waals surface area contributed by atoms with E-state index < -0.39 is 0 Å². The summed E-state index contributed by atoms with van der Waals surface area (Å²) in [5, 5.41) is 6.80. The number of hydrogen-bond acceptors (Lipinski definition) is 3. The molecule has 1 aromatic rings. The molecule has 1 saturated carbocycles. The summed E-state index contributed by atoms with van der Waals surface area (Å²) in [5.41, 5.74) is 1.86. The van der Waals surface area contributed by atoms with Gasteiger partial charge in [-0.15, -0.1) is 0 Å². The Balaban J connectivity index is 1.55. The first kappa shape index (κ1) is 11.6. The van der Waals surface area contributed by atoms with Gasteiger partial charge in [0.25, 0.3) is 0 Å². The molecule has 1 aromatic carbocycles. The van der Waals surface area contributed by atoms with Crippen molar-refractivity contribution in [3.63, 3.8) is 0 Å². The zero-order chi connectivity index (χ0) is 12.6. The fourth-order valence-corrected chi connectivity index (χ4v) is 2.75. The third-order valence-corrected chi connectivity index (χ3v) is 4.12.